The third kappa shape index (κ3) is 5.15. The lowest BCUT2D eigenvalue weighted by molar-refractivity contribution is -0.141. The topological polar surface area (TPSA) is 106 Å². The fraction of sp³-hybridized carbons (Fsp3) is 0.364. The van der Waals surface area contributed by atoms with Gasteiger partial charge in [-0.1, -0.05) is 0 Å². The molecule has 0 aromatic carbocycles. The molecule has 98 valence electrons. The van der Waals surface area contributed by atoms with E-state index in [1.165, 1.54) is 0 Å². The van der Waals surface area contributed by atoms with Gasteiger partial charge in [0, 0.05) is 12.7 Å². The second-order valence-corrected chi connectivity index (χ2v) is 3.43. The first-order chi connectivity index (χ1) is 8.61. The standard InChI is InChI=1S/C11H16N4O3/c1-2-18-10(16)7-15-11(17)14-6-8-3-4-13-9(12)5-8/h3-5H,2,6-7H2,1H3,(H2,12,13)(H2,14,15,17). The Hall–Kier alpha value is -2.31. The van der Waals surface area contributed by atoms with Gasteiger partial charge in [-0.15, -0.1) is 0 Å². The second-order valence-electron chi connectivity index (χ2n) is 3.43. The maximum absolute atomic E-state index is 11.3. The average Bonchev–Trinajstić information content (AvgIpc) is 2.34. The molecule has 0 fully saturated rings. The fourth-order valence-corrected chi connectivity index (χ4v) is 1.21. The van der Waals surface area contributed by atoms with E-state index in [1.54, 1.807) is 25.3 Å². The molecule has 0 aliphatic carbocycles. The summed E-state index contributed by atoms with van der Waals surface area (Å²) in [5.41, 5.74) is 6.32. The molecule has 18 heavy (non-hydrogen) atoms. The van der Waals surface area contributed by atoms with Crippen LogP contribution < -0.4 is 16.4 Å². The van der Waals surface area contributed by atoms with Gasteiger partial charge in [-0.25, -0.2) is 9.78 Å². The molecular weight excluding hydrogens is 236 g/mol. The minimum atomic E-state index is -0.471. The van der Waals surface area contributed by atoms with Crippen LogP contribution in [-0.2, 0) is 16.1 Å². The maximum atomic E-state index is 11.3. The van der Waals surface area contributed by atoms with E-state index in [-0.39, 0.29) is 6.54 Å². The number of anilines is 1. The molecule has 0 aliphatic heterocycles. The SMILES string of the molecule is CCOC(=O)CNC(=O)NCc1ccnc(N)c1. The van der Waals surface area contributed by atoms with E-state index in [1.807, 2.05) is 0 Å². The number of nitrogens with one attached hydrogen (secondary N) is 2. The number of nitrogens with two attached hydrogens (primary N) is 1. The summed E-state index contributed by atoms with van der Waals surface area (Å²) >= 11 is 0. The van der Waals surface area contributed by atoms with Crippen molar-refractivity contribution in [2.45, 2.75) is 13.5 Å². The van der Waals surface area contributed by atoms with Crippen molar-refractivity contribution in [3.63, 3.8) is 0 Å². The van der Waals surface area contributed by atoms with Gasteiger partial charge < -0.3 is 21.1 Å². The number of nitrogen functional groups attached to an aromatic ring is 1. The van der Waals surface area contributed by atoms with Gasteiger partial charge in [-0.2, -0.15) is 0 Å². The molecule has 0 spiro atoms. The van der Waals surface area contributed by atoms with Crippen molar-refractivity contribution in [2.24, 2.45) is 0 Å². The first-order valence-corrected chi connectivity index (χ1v) is 5.49. The van der Waals surface area contributed by atoms with Crippen LogP contribution in [0.3, 0.4) is 0 Å². The predicted octanol–water partition coefficient (Wildman–Crippen LogP) is 0.0261. The van der Waals surface area contributed by atoms with Crippen LogP contribution in [0.5, 0.6) is 0 Å². The number of hydrogen-bond acceptors (Lipinski definition) is 5. The van der Waals surface area contributed by atoms with Gasteiger partial charge in [0.2, 0.25) is 0 Å². The highest BCUT2D eigenvalue weighted by atomic mass is 16.5. The fourth-order valence-electron chi connectivity index (χ4n) is 1.21. The number of amides is 2. The van der Waals surface area contributed by atoms with Gasteiger partial charge in [0.1, 0.15) is 12.4 Å². The van der Waals surface area contributed by atoms with Crippen LogP contribution >= 0.6 is 0 Å². The molecule has 2 amide bonds. The van der Waals surface area contributed by atoms with E-state index in [0.717, 1.165) is 5.56 Å². The molecule has 1 aromatic rings. The van der Waals surface area contributed by atoms with Crippen molar-refractivity contribution in [1.29, 1.82) is 0 Å². The number of esters is 1. The van der Waals surface area contributed by atoms with Crippen molar-refractivity contribution in [3.8, 4) is 0 Å². The smallest absolute Gasteiger partial charge is 0.325 e. The Bertz CT molecular complexity index is 423. The van der Waals surface area contributed by atoms with E-state index in [2.05, 4.69) is 20.4 Å². The second kappa shape index (κ2) is 7.10. The van der Waals surface area contributed by atoms with E-state index in [0.29, 0.717) is 19.0 Å². The van der Waals surface area contributed by atoms with E-state index in [4.69, 9.17) is 5.73 Å². The van der Waals surface area contributed by atoms with Crippen LogP contribution in [0.4, 0.5) is 10.6 Å². The summed E-state index contributed by atoms with van der Waals surface area (Å²) in [6.45, 7) is 2.14. The number of carbonyl (C=O) groups excluding carboxylic acids is 2. The van der Waals surface area contributed by atoms with E-state index >= 15 is 0 Å². The third-order valence-corrected chi connectivity index (χ3v) is 2.00. The normalized spacial score (nSPS) is 9.61. The summed E-state index contributed by atoms with van der Waals surface area (Å²) in [5, 5.41) is 4.96. The first kappa shape index (κ1) is 13.8. The van der Waals surface area contributed by atoms with Crippen LogP contribution in [0, 0.1) is 0 Å². The zero-order valence-electron chi connectivity index (χ0n) is 10.1. The van der Waals surface area contributed by atoms with Crippen molar-refractivity contribution in [1.82, 2.24) is 15.6 Å². The van der Waals surface area contributed by atoms with Crippen LogP contribution in [0.2, 0.25) is 0 Å². The monoisotopic (exact) mass is 252 g/mol. The van der Waals surface area contributed by atoms with Gasteiger partial charge in [0.15, 0.2) is 0 Å². The van der Waals surface area contributed by atoms with Gasteiger partial charge in [-0.3, -0.25) is 4.79 Å². The summed E-state index contributed by atoms with van der Waals surface area (Å²) in [6.07, 6.45) is 1.56. The molecule has 7 heteroatoms. The highest BCUT2D eigenvalue weighted by molar-refractivity contribution is 5.80. The van der Waals surface area contributed by atoms with Gasteiger partial charge in [0.25, 0.3) is 0 Å². The number of rotatable bonds is 5. The quantitative estimate of drug-likeness (QED) is 0.641. The molecule has 0 bridgehead atoms. The van der Waals surface area contributed by atoms with Crippen LogP contribution in [0.25, 0.3) is 0 Å². The minimum Gasteiger partial charge on any atom is -0.465 e. The molecule has 0 saturated heterocycles. The molecular formula is C11H16N4O3. The van der Waals surface area contributed by atoms with Crippen LogP contribution in [0.1, 0.15) is 12.5 Å². The lowest BCUT2D eigenvalue weighted by atomic mass is 10.2. The highest BCUT2D eigenvalue weighted by Gasteiger charge is 2.05. The zero-order chi connectivity index (χ0) is 13.4. The molecule has 0 radical (unpaired) electrons. The molecule has 1 heterocycles. The van der Waals surface area contributed by atoms with Crippen molar-refractivity contribution in [2.75, 3.05) is 18.9 Å². The average molecular weight is 252 g/mol. The summed E-state index contributed by atoms with van der Waals surface area (Å²) < 4.78 is 4.66. The predicted molar refractivity (Wildman–Crippen MR) is 65.5 cm³/mol. The molecule has 0 saturated carbocycles. The molecule has 7 nitrogen and oxygen atoms in total. The Morgan fingerprint density at radius 1 is 1.44 bits per heavy atom. The van der Waals surface area contributed by atoms with Crippen LogP contribution in [0.15, 0.2) is 18.3 Å². The number of pyridine rings is 1. The molecule has 4 N–H and O–H groups in total. The molecule has 1 aromatic heterocycles. The first-order valence-electron chi connectivity index (χ1n) is 5.49. The van der Waals surface area contributed by atoms with E-state index in [9.17, 15) is 9.59 Å². The molecule has 0 unspecified atom stereocenters. The largest absolute Gasteiger partial charge is 0.465 e. The Labute approximate surface area is 105 Å². The number of aromatic nitrogens is 1. The molecule has 0 atom stereocenters. The van der Waals surface area contributed by atoms with Gasteiger partial charge in [-0.05, 0) is 24.6 Å². The van der Waals surface area contributed by atoms with Gasteiger partial charge in [0.05, 0.1) is 6.61 Å². The van der Waals surface area contributed by atoms with E-state index < -0.39 is 12.0 Å². The van der Waals surface area contributed by atoms with Gasteiger partial charge >= 0.3 is 12.0 Å². The maximum Gasteiger partial charge on any atom is 0.325 e. The van der Waals surface area contributed by atoms with Crippen molar-refractivity contribution < 1.29 is 14.3 Å². The number of nitrogens with zero attached hydrogens (tertiary/aromatic N) is 1. The number of urea groups is 1. The summed E-state index contributed by atoms with van der Waals surface area (Å²) in [7, 11) is 0. The Morgan fingerprint density at radius 3 is 2.89 bits per heavy atom. The summed E-state index contributed by atoms with van der Waals surface area (Å²) in [6, 6.07) is 2.95. The summed E-state index contributed by atoms with van der Waals surface area (Å²) in [5.74, 6) is -0.0814. The third-order valence-electron chi connectivity index (χ3n) is 2.00. The lowest BCUT2D eigenvalue weighted by Gasteiger charge is -2.07. The Morgan fingerprint density at radius 2 is 2.22 bits per heavy atom. The van der Waals surface area contributed by atoms with Crippen molar-refractivity contribution in [3.05, 3.63) is 23.9 Å². The Kier molecular flexibility index (Phi) is 5.43. The number of carbonyl (C=O) groups is 2. The number of hydrogen-bond donors (Lipinski definition) is 3. The number of ether oxygens (including phenoxy) is 1. The molecule has 0 aliphatic rings. The zero-order valence-corrected chi connectivity index (χ0v) is 10.1. The lowest BCUT2D eigenvalue weighted by Crippen LogP contribution is -2.38. The Balaban J connectivity index is 2.27. The molecule has 1 rings (SSSR count). The van der Waals surface area contributed by atoms with Crippen molar-refractivity contribution >= 4 is 17.8 Å². The van der Waals surface area contributed by atoms with Crippen LogP contribution in [-0.4, -0.2) is 30.1 Å². The minimum absolute atomic E-state index is 0.155. The highest BCUT2D eigenvalue weighted by Crippen LogP contribution is 2.01. The summed E-state index contributed by atoms with van der Waals surface area (Å²) in [4.78, 5) is 26.1.